The monoisotopic (exact) mass is 453 g/mol. The van der Waals surface area contributed by atoms with E-state index in [0.29, 0.717) is 18.0 Å². The summed E-state index contributed by atoms with van der Waals surface area (Å²) in [5.74, 6) is -0.312. The summed E-state index contributed by atoms with van der Waals surface area (Å²) < 4.78 is 12.2. The number of esters is 1. The molecule has 2 heterocycles. The molecule has 0 saturated heterocycles. The number of hydrogen-bond donors (Lipinski definition) is 1. The second-order valence-corrected chi connectivity index (χ2v) is 7.66. The van der Waals surface area contributed by atoms with Crippen LogP contribution in [0.4, 0.5) is 5.69 Å². The van der Waals surface area contributed by atoms with E-state index in [2.05, 4.69) is 12.2 Å². The second-order valence-electron chi connectivity index (χ2n) is 7.66. The van der Waals surface area contributed by atoms with E-state index in [4.69, 9.17) is 9.15 Å². The van der Waals surface area contributed by atoms with Crippen molar-refractivity contribution in [2.24, 2.45) is 0 Å². The van der Waals surface area contributed by atoms with Crippen molar-refractivity contribution >= 4 is 34.5 Å². The fraction of sp³-hybridized carbons (Fsp3) is 0.148. The normalized spacial score (nSPS) is 11.3. The number of para-hydroxylation sites is 1. The van der Waals surface area contributed by atoms with Gasteiger partial charge in [0.05, 0.1) is 13.7 Å². The van der Waals surface area contributed by atoms with Gasteiger partial charge in [-0.2, -0.15) is 5.26 Å². The van der Waals surface area contributed by atoms with Gasteiger partial charge in [-0.3, -0.25) is 4.79 Å². The Bertz CT molecular complexity index is 1420. The minimum Gasteiger partial charge on any atom is -0.463 e. The lowest BCUT2D eigenvalue weighted by Crippen LogP contribution is -2.13. The van der Waals surface area contributed by atoms with E-state index >= 15 is 0 Å². The van der Waals surface area contributed by atoms with Gasteiger partial charge in [-0.15, -0.1) is 0 Å². The van der Waals surface area contributed by atoms with E-state index in [-0.39, 0.29) is 11.3 Å². The molecule has 7 heteroatoms. The molecule has 0 fully saturated rings. The largest absolute Gasteiger partial charge is 0.463 e. The van der Waals surface area contributed by atoms with E-state index in [1.54, 1.807) is 18.2 Å². The van der Waals surface area contributed by atoms with Crippen molar-refractivity contribution in [1.29, 1.82) is 5.26 Å². The zero-order valence-electron chi connectivity index (χ0n) is 18.9. The molecule has 170 valence electrons. The number of carbonyl (C=O) groups excluding carboxylic acids is 2. The molecule has 7 nitrogen and oxygen atoms in total. The number of nitriles is 1. The van der Waals surface area contributed by atoms with Crippen molar-refractivity contribution in [3.05, 3.63) is 95.1 Å². The summed E-state index contributed by atoms with van der Waals surface area (Å²) in [4.78, 5) is 24.4. The average molecular weight is 453 g/mol. The molecular formula is C27H23N3O4. The molecule has 4 aromatic rings. The third-order valence-corrected chi connectivity index (χ3v) is 5.48. The van der Waals surface area contributed by atoms with E-state index in [9.17, 15) is 14.9 Å². The second kappa shape index (κ2) is 9.92. The number of fused-ring (bicyclic) bond motifs is 1. The van der Waals surface area contributed by atoms with Gasteiger partial charge in [0.1, 0.15) is 17.4 Å². The molecule has 0 aliphatic carbocycles. The summed E-state index contributed by atoms with van der Waals surface area (Å²) >= 11 is 0. The summed E-state index contributed by atoms with van der Waals surface area (Å²) in [7, 11) is 1.30. The lowest BCUT2D eigenvalue weighted by molar-refractivity contribution is -0.112. The van der Waals surface area contributed by atoms with Crippen molar-refractivity contribution in [3.63, 3.8) is 0 Å². The predicted octanol–water partition coefficient (Wildman–Crippen LogP) is 5.18. The summed E-state index contributed by atoms with van der Waals surface area (Å²) in [6.07, 6.45) is 4.34. The van der Waals surface area contributed by atoms with Crippen molar-refractivity contribution < 1.29 is 18.7 Å². The van der Waals surface area contributed by atoms with Gasteiger partial charge in [-0.05, 0) is 48.4 Å². The number of nitrogens with zero attached hydrogens (tertiary/aromatic N) is 2. The van der Waals surface area contributed by atoms with Crippen LogP contribution in [0.3, 0.4) is 0 Å². The number of aryl methyl sites for hydroxylation is 1. The van der Waals surface area contributed by atoms with Gasteiger partial charge < -0.3 is 19.0 Å². The van der Waals surface area contributed by atoms with E-state index in [1.165, 1.54) is 7.11 Å². The van der Waals surface area contributed by atoms with Gasteiger partial charge in [0.25, 0.3) is 5.91 Å². The van der Waals surface area contributed by atoms with Crippen LogP contribution in [0.15, 0.2) is 76.9 Å². The molecular weight excluding hydrogens is 430 g/mol. The van der Waals surface area contributed by atoms with Crippen molar-refractivity contribution in [2.75, 3.05) is 12.4 Å². The summed E-state index contributed by atoms with van der Waals surface area (Å²) in [5, 5.41) is 13.3. The fourth-order valence-corrected chi connectivity index (χ4v) is 3.69. The van der Waals surface area contributed by atoms with Gasteiger partial charge >= 0.3 is 5.97 Å². The molecule has 0 spiro atoms. The molecule has 0 aliphatic rings. The summed E-state index contributed by atoms with van der Waals surface area (Å²) in [5.41, 5.74) is 3.41. The Balaban J connectivity index is 1.62. The topological polar surface area (TPSA) is 97.3 Å². The minimum atomic E-state index is -0.541. The highest BCUT2D eigenvalue weighted by atomic mass is 16.5. The van der Waals surface area contributed by atoms with Crippen LogP contribution in [0.5, 0.6) is 0 Å². The third-order valence-electron chi connectivity index (χ3n) is 5.48. The number of methoxy groups -OCH3 is 1. The van der Waals surface area contributed by atoms with Crippen LogP contribution in [0.1, 0.15) is 34.4 Å². The molecule has 0 radical (unpaired) electrons. The van der Waals surface area contributed by atoms with Crippen molar-refractivity contribution in [1.82, 2.24) is 4.57 Å². The van der Waals surface area contributed by atoms with Crippen LogP contribution in [0, 0.1) is 11.3 Å². The highest BCUT2D eigenvalue weighted by molar-refractivity contribution is 6.10. The third kappa shape index (κ3) is 4.76. The zero-order valence-corrected chi connectivity index (χ0v) is 18.9. The number of ether oxygens (including phenoxy) is 1. The number of hydrogen-bond acceptors (Lipinski definition) is 5. The van der Waals surface area contributed by atoms with Crippen LogP contribution < -0.4 is 5.32 Å². The number of nitrogens with one attached hydrogen (secondary N) is 1. The number of carbonyl (C=O) groups is 2. The Kier molecular flexibility index (Phi) is 6.60. The van der Waals surface area contributed by atoms with Gasteiger partial charge in [0.2, 0.25) is 5.76 Å². The number of benzene rings is 2. The summed E-state index contributed by atoms with van der Waals surface area (Å²) in [6.45, 7) is 2.42. The zero-order chi connectivity index (χ0) is 24.1. The highest BCUT2D eigenvalue weighted by Crippen LogP contribution is 2.25. The first kappa shape index (κ1) is 22.6. The maximum absolute atomic E-state index is 12.8. The first-order valence-corrected chi connectivity index (χ1v) is 10.8. The van der Waals surface area contributed by atoms with Crippen LogP contribution in [-0.2, 0) is 22.5 Å². The smallest absolute Gasteiger partial charge is 0.373 e. The van der Waals surface area contributed by atoms with Crippen molar-refractivity contribution in [2.45, 2.75) is 19.9 Å². The number of aromatic nitrogens is 1. The molecule has 2 aromatic heterocycles. The van der Waals surface area contributed by atoms with E-state index in [0.717, 1.165) is 28.5 Å². The molecule has 0 atom stereocenters. The quantitative estimate of drug-likeness (QED) is 0.236. The van der Waals surface area contributed by atoms with Gasteiger partial charge in [-0.25, -0.2) is 4.79 Å². The Labute approximate surface area is 196 Å². The average Bonchev–Trinajstić information content (AvgIpc) is 3.47. The summed E-state index contributed by atoms with van der Waals surface area (Å²) in [6, 6.07) is 20.5. The fourth-order valence-electron chi connectivity index (χ4n) is 3.69. The Morgan fingerprint density at radius 2 is 1.88 bits per heavy atom. The number of furan rings is 1. The molecule has 34 heavy (non-hydrogen) atoms. The molecule has 0 unspecified atom stereocenters. The van der Waals surface area contributed by atoms with Crippen LogP contribution in [0.25, 0.3) is 17.0 Å². The number of amides is 1. The van der Waals surface area contributed by atoms with Crippen LogP contribution in [0.2, 0.25) is 0 Å². The Morgan fingerprint density at radius 3 is 2.59 bits per heavy atom. The molecule has 1 N–H and O–H groups in total. The molecule has 4 rings (SSSR count). The van der Waals surface area contributed by atoms with Gasteiger partial charge in [0, 0.05) is 28.4 Å². The van der Waals surface area contributed by atoms with Gasteiger partial charge in [-0.1, -0.05) is 37.3 Å². The molecule has 1 amide bonds. The highest BCUT2D eigenvalue weighted by Gasteiger charge is 2.15. The van der Waals surface area contributed by atoms with Crippen molar-refractivity contribution in [3.8, 4) is 6.07 Å². The first-order chi connectivity index (χ1) is 16.5. The molecule has 2 aromatic carbocycles. The van der Waals surface area contributed by atoms with Crippen LogP contribution in [-0.4, -0.2) is 23.6 Å². The SMILES string of the molecule is CCc1ccc(NC(=O)/C(C#N)=C\c2cn(Cc3ccc(C(=O)OC)o3)c3ccccc23)cc1. The number of rotatable bonds is 7. The molecule has 0 bridgehead atoms. The van der Waals surface area contributed by atoms with E-state index < -0.39 is 11.9 Å². The number of anilines is 1. The predicted molar refractivity (Wildman–Crippen MR) is 129 cm³/mol. The Hall–Kier alpha value is -4.57. The first-order valence-electron chi connectivity index (χ1n) is 10.8. The molecule has 0 aliphatic heterocycles. The standard InChI is InChI=1S/C27H23N3O4/c1-3-18-8-10-21(11-9-18)29-26(31)19(15-28)14-20-16-30(24-7-5-4-6-23(20)24)17-22-12-13-25(34-22)27(32)33-2/h4-14,16H,3,17H2,1-2H3,(H,29,31)/b19-14-. The van der Waals surface area contributed by atoms with E-state index in [1.807, 2.05) is 65.4 Å². The lowest BCUT2D eigenvalue weighted by Gasteiger charge is -2.05. The maximum atomic E-state index is 12.8. The van der Waals surface area contributed by atoms with Crippen LogP contribution >= 0.6 is 0 Å². The lowest BCUT2D eigenvalue weighted by atomic mass is 10.1. The minimum absolute atomic E-state index is 0.00607. The van der Waals surface area contributed by atoms with Gasteiger partial charge in [0.15, 0.2) is 0 Å². The molecule has 0 saturated carbocycles. The maximum Gasteiger partial charge on any atom is 0.373 e. The Morgan fingerprint density at radius 1 is 1.12 bits per heavy atom.